The molecule has 2 saturated heterocycles. The number of imidazole rings is 1. The topological polar surface area (TPSA) is 104 Å². The number of fused-ring (bicyclic) bond motifs is 1. The predicted molar refractivity (Wildman–Crippen MR) is 95.9 cm³/mol. The third-order valence-electron chi connectivity index (χ3n) is 4.67. The summed E-state index contributed by atoms with van der Waals surface area (Å²) in [4.78, 5) is 28.4. The van der Waals surface area contributed by atoms with E-state index in [9.17, 15) is 9.59 Å². The molecule has 2 aliphatic heterocycles. The number of nitrogens with zero attached hydrogens (tertiary/aromatic N) is 2. The van der Waals surface area contributed by atoms with Crippen LogP contribution in [0.2, 0.25) is 0 Å². The maximum atomic E-state index is 12.0. The molecule has 1 amide bonds. The van der Waals surface area contributed by atoms with Gasteiger partial charge in [0.05, 0.1) is 12.1 Å². The van der Waals surface area contributed by atoms with Gasteiger partial charge >= 0.3 is 0 Å². The minimum Gasteiger partial charge on any atom is -0.489 e. The number of para-hydroxylation sites is 1. The largest absolute Gasteiger partial charge is 0.489 e. The van der Waals surface area contributed by atoms with Gasteiger partial charge in [-0.1, -0.05) is 6.07 Å². The first kappa shape index (κ1) is 17.7. The SMILES string of the molecule is Cn1c(OC2C(=O)CCNC2=O)nc2cccc(OCC3CNCCO3)c21. The van der Waals surface area contributed by atoms with Crippen LogP contribution >= 0.6 is 0 Å². The predicted octanol–water partition coefficient (Wildman–Crippen LogP) is -0.223. The number of aryl methyl sites for hydroxylation is 1. The Balaban J connectivity index is 1.56. The van der Waals surface area contributed by atoms with Crippen molar-refractivity contribution in [1.29, 1.82) is 0 Å². The molecule has 2 unspecified atom stereocenters. The van der Waals surface area contributed by atoms with Gasteiger partial charge in [-0.15, -0.1) is 0 Å². The summed E-state index contributed by atoms with van der Waals surface area (Å²) >= 11 is 0. The van der Waals surface area contributed by atoms with Crippen LogP contribution in [0.5, 0.6) is 11.8 Å². The molecular formula is C18H22N4O5. The first-order valence-electron chi connectivity index (χ1n) is 9.01. The second kappa shape index (κ2) is 7.53. The highest BCUT2D eigenvalue weighted by Gasteiger charge is 2.33. The molecule has 2 fully saturated rings. The lowest BCUT2D eigenvalue weighted by Gasteiger charge is -2.23. The van der Waals surface area contributed by atoms with Gasteiger partial charge in [0.15, 0.2) is 5.78 Å². The molecule has 9 heteroatoms. The van der Waals surface area contributed by atoms with Gasteiger partial charge in [-0.3, -0.25) is 14.2 Å². The molecule has 0 saturated carbocycles. The first-order chi connectivity index (χ1) is 13.1. The number of nitrogens with one attached hydrogen (secondary N) is 2. The van der Waals surface area contributed by atoms with Crippen molar-refractivity contribution in [3.05, 3.63) is 18.2 Å². The van der Waals surface area contributed by atoms with E-state index in [1.165, 1.54) is 0 Å². The standard InChI is InChI=1S/C18H22N4O5/c1-22-15-12(21-18(22)27-16-13(23)5-6-20-17(16)24)3-2-4-14(15)26-10-11-9-19-7-8-25-11/h2-4,11,16,19H,5-10H2,1H3,(H,20,24). The fourth-order valence-corrected chi connectivity index (χ4v) is 3.25. The highest BCUT2D eigenvalue weighted by molar-refractivity contribution is 6.06. The molecule has 2 N–H and O–H groups in total. The van der Waals surface area contributed by atoms with Gasteiger partial charge in [-0.05, 0) is 12.1 Å². The van der Waals surface area contributed by atoms with E-state index in [1.54, 1.807) is 11.6 Å². The van der Waals surface area contributed by atoms with Gasteiger partial charge in [-0.2, -0.15) is 4.98 Å². The van der Waals surface area contributed by atoms with Crippen LogP contribution in [-0.4, -0.2) is 66.3 Å². The molecule has 144 valence electrons. The van der Waals surface area contributed by atoms with E-state index in [0.29, 0.717) is 31.0 Å². The first-order valence-corrected chi connectivity index (χ1v) is 9.01. The third kappa shape index (κ3) is 3.60. The van der Waals surface area contributed by atoms with Gasteiger partial charge < -0.3 is 24.8 Å². The van der Waals surface area contributed by atoms with Crippen LogP contribution in [0.1, 0.15) is 6.42 Å². The monoisotopic (exact) mass is 374 g/mol. The van der Waals surface area contributed by atoms with Crippen molar-refractivity contribution in [2.75, 3.05) is 32.8 Å². The molecule has 0 spiro atoms. The molecule has 27 heavy (non-hydrogen) atoms. The summed E-state index contributed by atoms with van der Waals surface area (Å²) in [6.07, 6.45) is -0.925. The quantitative estimate of drug-likeness (QED) is 0.697. The molecular weight excluding hydrogens is 352 g/mol. The Labute approximate surface area is 156 Å². The van der Waals surface area contributed by atoms with Crippen LogP contribution < -0.4 is 20.1 Å². The average molecular weight is 374 g/mol. The molecule has 2 aliphatic rings. The number of rotatable bonds is 5. The average Bonchev–Trinajstić information content (AvgIpc) is 3.00. The Bertz CT molecular complexity index is 843. The fourth-order valence-electron chi connectivity index (χ4n) is 3.25. The Hall–Kier alpha value is -2.65. The van der Waals surface area contributed by atoms with Gasteiger partial charge in [0.25, 0.3) is 11.9 Å². The summed E-state index contributed by atoms with van der Waals surface area (Å²) in [7, 11) is 1.77. The number of Topliss-reactive ketones (excluding diaryl/α,β-unsaturated/α-hetero) is 1. The molecule has 2 aromatic rings. The van der Waals surface area contributed by atoms with E-state index in [2.05, 4.69) is 15.6 Å². The lowest BCUT2D eigenvalue weighted by molar-refractivity contribution is -0.141. The Kier molecular flexibility index (Phi) is 4.95. The van der Waals surface area contributed by atoms with Gasteiger partial charge in [0.2, 0.25) is 6.10 Å². The maximum absolute atomic E-state index is 12.0. The smallest absolute Gasteiger partial charge is 0.298 e. The second-order valence-corrected chi connectivity index (χ2v) is 6.59. The second-order valence-electron chi connectivity index (χ2n) is 6.59. The van der Waals surface area contributed by atoms with Crippen molar-refractivity contribution < 1.29 is 23.8 Å². The molecule has 0 radical (unpaired) electrons. The number of ketones is 1. The number of carbonyl (C=O) groups is 2. The maximum Gasteiger partial charge on any atom is 0.298 e. The summed E-state index contributed by atoms with van der Waals surface area (Å²) < 4.78 is 19.0. The summed E-state index contributed by atoms with van der Waals surface area (Å²) in [6, 6.07) is 5.72. The number of carbonyl (C=O) groups excluding carboxylic acids is 2. The molecule has 4 rings (SSSR count). The van der Waals surface area contributed by atoms with E-state index in [1.807, 2.05) is 18.2 Å². The number of hydrogen-bond acceptors (Lipinski definition) is 7. The Morgan fingerprint density at radius 3 is 3.00 bits per heavy atom. The van der Waals surface area contributed by atoms with E-state index in [0.717, 1.165) is 18.6 Å². The molecule has 0 bridgehead atoms. The lowest BCUT2D eigenvalue weighted by atomic mass is 10.1. The lowest BCUT2D eigenvalue weighted by Crippen LogP contribution is -2.49. The number of aromatic nitrogens is 2. The number of ether oxygens (including phenoxy) is 3. The molecule has 3 heterocycles. The number of piperidine rings is 1. The molecule has 2 atom stereocenters. The Morgan fingerprint density at radius 1 is 1.33 bits per heavy atom. The van der Waals surface area contributed by atoms with Crippen LogP contribution in [0.15, 0.2) is 18.2 Å². The van der Waals surface area contributed by atoms with E-state index < -0.39 is 12.0 Å². The number of morpholine rings is 1. The summed E-state index contributed by atoms with van der Waals surface area (Å²) in [5.74, 6) is -0.0353. The van der Waals surface area contributed by atoms with Gasteiger partial charge in [0, 0.05) is 33.1 Å². The fraction of sp³-hybridized carbons (Fsp3) is 0.500. The van der Waals surface area contributed by atoms with Crippen LogP contribution in [-0.2, 0) is 21.4 Å². The van der Waals surface area contributed by atoms with Crippen LogP contribution in [0.3, 0.4) is 0 Å². The normalized spacial score (nSPS) is 23.3. The zero-order valence-corrected chi connectivity index (χ0v) is 15.1. The van der Waals surface area contributed by atoms with Crippen molar-refractivity contribution in [2.24, 2.45) is 7.05 Å². The molecule has 1 aromatic heterocycles. The molecule has 1 aromatic carbocycles. The Morgan fingerprint density at radius 2 is 2.22 bits per heavy atom. The van der Waals surface area contributed by atoms with E-state index in [4.69, 9.17) is 14.2 Å². The number of benzene rings is 1. The van der Waals surface area contributed by atoms with Gasteiger partial charge in [-0.25, -0.2) is 0 Å². The summed E-state index contributed by atoms with van der Waals surface area (Å²) in [5.41, 5.74) is 1.40. The highest BCUT2D eigenvalue weighted by atomic mass is 16.5. The number of amides is 1. The van der Waals surface area contributed by atoms with Crippen LogP contribution in [0, 0.1) is 0 Å². The number of hydrogen-bond donors (Lipinski definition) is 2. The minimum absolute atomic E-state index is 0.0125. The summed E-state index contributed by atoms with van der Waals surface area (Å²) in [6.45, 7) is 3.02. The van der Waals surface area contributed by atoms with Gasteiger partial charge in [0.1, 0.15) is 24.0 Å². The highest BCUT2D eigenvalue weighted by Crippen LogP contribution is 2.29. The zero-order chi connectivity index (χ0) is 18.8. The molecule has 0 aliphatic carbocycles. The van der Waals surface area contributed by atoms with Crippen LogP contribution in [0.25, 0.3) is 11.0 Å². The van der Waals surface area contributed by atoms with Crippen molar-refractivity contribution in [3.8, 4) is 11.8 Å². The zero-order valence-electron chi connectivity index (χ0n) is 15.1. The van der Waals surface area contributed by atoms with Crippen molar-refractivity contribution >= 4 is 22.7 Å². The van der Waals surface area contributed by atoms with Crippen LogP contribution in [0.4, 0.5) is 0 Å². The van der Waals surface area contributed by atoms with E-state index in [-0.39, 0.29) is 24.3 Å². The van der Waals surface area contributed by atoms with Crippen molar-refractivity contribution in [2.45, 2.75) is 18.6 Å². The van der Waals surface area contributed by atoms with E-state index >= 15 is 0 Å². The minimum atomic E-state index is -1.17. The molecule has 9 nitrogen and oxygen atoms in total. The van der Waals surface area contributed by atoms with Crippen molar-refractivity contribution in [3.63, 3.8) is 0 Å². The van der Waals surface area contributed by atoms with Crippen molar-refractivity contribution in [1.82, 2.24) is 20.2 Å². The summed E-state index contributed by atoms with van der Waals surface area (Å²) in [5, 5.41) is 5.90. The third-order valence-corrected chi connectivity index (χ3v) is 4.67.